The van der Waals surface area contributed by atoms with Crippen LogP contribution in [0.2, 0.25) is 0 Å². The minimum atomic E-state index is -0.530. The Labute approximate surface area is 136 Å². The fraction of sp³-hybridized carbons (Fsp3) is 0.286. The van der Waals surface area contributed by atoms with Crippen molar-refractivity contribution in [2.24, 2.45) is 0 Å². The maximum atomic E-state index is 12.2. The minimum absolute atomic E-state index is 0.0128. The number of aromatic nitrogens is 2. The molecule has 0 spiro atoms. The molecule has 0 radical (unpaired) electrons. The number of carbonyl (C=O) groups excluding carboxylic acids is 2. The molecule has 9 heteroatoms. The molecule has 2 N–H and O–H groups in total. The zero-order valence-electron chi connectivity index (χ0n) is 12.2. The van der Waals surface area contributed by atoms with Crippen molar-refractivity contribution in [1.82, 2.24) is 19.8 Å². The number of ether oxygens (including phenoxy) is 1. The molecule has 3 heterocycles. The molecule has 3 rings (SSSR count). The average molecular weight is 333 g/mol. The zero-order valence-corrected chi connectivity index (χ0v) is 13.0. The average Bonchev–Trinajstić information content (AvgIpc) is 3.11. The molecule has 2 aromatic rings. The van der Waals surface area contributed by atoms with E-state index < -0.39 is 6.09 Å². The van der Waals surface area contributed by atoms with Crippen LogP contribution in [0.15, 0.2) is 29.2 Å². The maximum absolute atomic E-state index is 12.2. The number of nitrogen functional groups attached to an aromatic ring is 1. The van der Waals surface area contributed by atoms with E-state index in [1.807, 2.05) is 10.8 Å². The number of thiophene rings is 1. The molecule has 1 saturated heterocycles. The van der Waals surface area contributed by atoms with Gasteiger partial charge in [0.15, 0.2) is 0 Å². The van der Waals surface area contributed by atoms with Gasteiger partial charge in [0, 0.05) is 31.6 Å². The Hall–Kier alpha value is -2.68. The van der Waals surface area contributed by atoms with Gasteiger partial charge in [-0.05, 0) is 11.4 Å². The highest BCUT2D eigenvalue weighted by atomic mass is 32.1. The van der Waals surface area contributed by atoms with Gasteiger partial charge in [0.25, 0.3) is 5.91 Å². The van der Waals surface area contributed by atoms with Crippen molar-refractivity contribution in [2.45, 2.75) is 0 Å². The van der Waals surface area contributed by atoms with E-state index in [1.165, 1.54) is 28.6 Å². The van der Waals surface area contributed by atoms with Crippen molar-refractivity contribution in [3.8, 4) is 6.01 Å². The monoisotopic (exact) mass is 333 g/mol. The first-order valence-corrected chi connectivity index (χ1v) is 7.93. The number of nitrogens with zero attached hydrogens (tertiary/aromatic N) is 4. The van der Waals surface area contributed by atoms with Crippen molar-refractivity contribution < 1.29 is 14.3 Å². The number of hydrogen-bond acceptors (Lipinski definition) is 7. The largest absolute Gasteiger partial charge is 0.417 e. The molecule has 1 fully saturated rings. The molecule has 1 aliphatic heterocycles. The van der Waals surface area contributed by atoms with Crippen LogP contribution >= 0.6 is 11.3 Å². The molecule has 0 bridgehead atoms. The Morgan fingerprint density at radius 3 is 2.39 bits per heavy atom. The maximum Gasteiger partial charge on any atom is 0.417 e. The number of hydrogen-bond donors (Lipinski definition) is 1. The Bertz CT molecular complexity index is 681. The van der Waals surface area contributed by atoms with Crippen LogP contribution in [0.25, 0.3) is 0 Å². The predicted octanol–water partition coefficient (Wildman–Crippen LogP) is 1.08. The van der Waals surface area contributed by atoms with Gasteiger partial charge in [0.05, 0.1) is 23.6 Å². The number of rotatable bonds is 2. The van der Waals surface area contributed by atoms with Crippen LogP contribution in [0, 0.1) is 0 Å². The summed E-state index contributed by atoms with van der Waals surface area (Å²) in [5, 5.41) is 3.69. The molecule has 0 atom stereocenters. The molecular weight excluding hydrogens is 318 g/mol. The first kappa shape index (κ1) is 15.2. The van der Waals surface area contributed by atoms with Crippen molar-refractivity contribution >= 4 is 29.0 Å². The normalized spacial score (nSPS) is 14.6. The molecule has 0 saturated carbocycles. The van der Waals surface area contributed by atoms with Crippen molar-refractivity contribution in [3.63, 3.8) is 0 Å². The lowest BCUT2D eigenvalue weighted by atomic mass is 10.2. The van der Waals surface area contributed by atoms with Crippen LogP contribution in [0.5, 0.6) is 6.01 Å². The van der Waals surface area contributed by atoms with E-state index in [0.717, 1.165) is 0 Å². The summed E-state index contributed by atoms with van der Waals surface area (Å²) < 4.78 is 5.08. The highest BCUT2D eigenvalue weighted by Gasteiger charge is 2.26. The second-order valence-electron chi connectivity index (χ2n) is 4.96. The van der Waals surface area contributed by atoms with Gasteiger partial charge in [-0.15, -0.1) is 0 Å². The molecule has 120 valence electrons. The molecule has 8 nitrogen and oxygen atoms in total. The third kappa shape index (κ3) is 3.57. The first-order valence-electron chi connectivity index (χ1n) is 6.99. The molecule has 0 aliphatic carbocycles. The van der Waals surface area contributed by atoms with Crippen LogP contribution < -0.4 is 10.5 Å². The van der Waals surface area contributed by atoms with E-state index in [-0.39, 0.29) is 11.9 Å². The first-order chi connectivity index (χ1) is 11.1. The summed E-state index contributed by atoms with van der Waals surface area (Å²) in [5.41, 5.74) is 6.55. The van der Waals surface area contributed by atoms with Gasteiger partial charge in [0.2, 0.25) is 0 Å². The topological polar surface area (TPSA) is 102 Å². The van der Waals surface area contributed by atoms with Crippen LogP contribution in [0.3, 0.4) is 0 Å². The van der Waals surface area contributed by atoms with Crippen LogP contribution in [0.1, 0.15) is 10.4 Å². The van der Waals surface area contributed by atoms with E-state index in [4.69, 9.17) is 10.5 Å². The molecule has 0 aromatic carbocycles. The Kier molecular flexibility index (Phi) is 4.38. The molecular formula is C14H15N5O3S. The summed E-state index contributed by atoms with van der Waals surface area (Å²) in [6.45, 7) is 1.74. The third-order valence-electron chi connectivity index (χ3n) is 3.42. The van der Waals surface area contributed by atoms with Gasteiger partial charge < -0.3 is 20.3 Å². The van der Waals surface area contributed by atoms with Gasteiger partial charge in [-0.25, -0.2) is 14.8 Å². The smallest absolute Gasteiger partial charge is 0.396 e. The zero-order chi connectivity index (χ0) is 16.2. The number of anilines is 1. The highest BCUT2D eigenvalue weighted by Crippen LogP contribution is 2.13. The SMILES string of the molecule is Nc1cnc(OC(=O)N2CCN(C(=O)c3ccsc3)CC2)nc1. The summed E-state index contributed by atoms with van der Waals surface area (Å²) in [4.78, 5) is 35.2. The fourth-order valence-electron chi connectivity index (χ4n) is 2.18. The van der Waals surface area contributed by atoms with E-state index in [1.54, 1.807) is 11.0 Å². The molecule has 23 heavy (non-hydrogen) atoms. The second-order valence-corrected chi connectivity index (χ2v) is 5.74. The summed E-state index contributed by atoms with van der Waals surface area (Å²) in [5.74, 6) is -0.0128. The summed E-state index contributed by atoms with van der Waals surface area (Å²) in [7, 11) is 0. The Morgan fingerprint density at radius 2 is 1.78 bits per heavy atom. The molecule has 2 aromatic heterocycles. The van der Waals surface area contributed by atoms with Crippen molar-refractivity contribution in [2.75, 3.05) is 31.9 Å². The summed E-state index contributed by atoms with van der Waals surface area (Å²) >= 11 is 1.48. The minimum Gasteiger partial charge on any atom is -0.396 e. The van der Waals surface area contributed by atoms with Gasteiger partial charge >= 0.3 is 12.1 Å². The van der Waals surface area contributed by atoms with Crippen LogP contribution in [0.4, 0.5) is 10.5 Å². The predicted molar refractivity (Wildman–Crippen MR) is 84.3 cm³/mol. The second kappa shape index (κ2) is 6.61. The highest BCUT2D eigenvalue weighted by molar-refractivity contribution is 7.08. The van der Waals surface area contributed by atoms with Crippen molar-refractivity contribution in [3.05, 3.63) is 34.8 Å². The Balaban J connectivity index is 1.53. The molecule has 2 amide bonds. The number of nitrogens with two attached hydrogens (primary N) is 1. The Morgan fingerprint density at radius 1 is 1.13 bits per heavy atom. The lowest BCUT2D eigenvalue weighted by Gasteiger charge is -2.33. The fourth-order valence-corrected chi connectivity index (χ4v) is 2.81. The third-order valence-corrected chi connectivity index (χ3v) is 4.10. The van der Waals surface area contributed by atoms with E-state index >= 15 is 0 Å². The van der Waals surface area contributed by atoms with E-state index in [9.17, 15) is 9.59 Å². The molecule has 1 aliphatic rings. The standard InChI is InChI=1S/C14H15N5O3S/c15-11-7-16-13(17-8-11)22-14(21)19-4-2-18(3-5-19)12(20)10-1-6-23-9-10/h1,6-9H,2-5,15H2. The van der Waals surface area contributed by atoms with Gasteiger partial charge in [0.1, 0.15) is 0 Å². The summed E-state index contributed by atoms with van der Waals surface area (Å²) in [6.07, 6.45) is 2.21. The lowest BCUT2D eigenvalue weighted by Crippen LogP contribution is -2.51. The van der Waals surface area contributed by atoms with Gasteiger partial charge in [-0.3, -0.25) is 4.79 Å². The molecule has 0 unspecified atom stereocenters. The quantitative estimate of drug-likeness (QED) is 0.882. The van der Waals surface area contributed by atoms with E-state index in [2.05, 4.69) is 9.97 Å². The summed E-state index contributed by atoms with van der Waals surface area (Å²) in [6, 6.07) is 1.76. The number of amides is 2. The number of piperazine rings is 1. The lowest BCUT2D eigenvalue weighted by molar-refractivity contribution is 0.0630. The van der Waals surface area contributed by atoms with E-state index in [0.29, 0.717) is 37.4 Å². The van der Waals surface area contributed by atoms with Crippen LogP contribution in [-0.4, -0.2) is 57.9 Å². The van der Waals surface area contributed by atoms with Gasteiger partial charge in [-0.2, -0.15) is 11.3 Å². The number of carbonyl (C=O) groups is 2. The van der Waals surface area contributed by atoms with Crippen molar-refractivity contribution in [1.29, 1.82) is 0 Å². The van der Waals surface area contributed by atoms with Gasteiger partial charge in [-0.1, -0.05) is 0 Å². The van der Waals surface area contributed by atoms with Crippen LogP contribution in [-0.2, 0) is 0 Å².